The van der Waals surface area contributed by atoms with Crippen molar-refractivity contribution in [3.8, 4) is 17.5 Å². The van der Waals surface area contributed by atoms with E-state index in [1.54, 1.807) is 13.3 Å². The monoisotopic (exact) mass is 378 g/mol. The van der Waals surface area contributed by atoms with Crippen molar-refractivity contribution in [3.63, 3.8) is 0 Å². The standard InChI is InChI=1S/C20H18N4O2S/c1-26-18-9-7-17(8-10-18)24-14-12-22-20(24)27-15-19(25)23(13-11-21)16-5-3-2-4-6-16/h2-10,12,14H,13,15H2,1H3. The van der Waals surface area contributed by atoms with Crippen LogP contribution in [0, 0.1) is 11.3 Å². The maximum Gasteiger partial charge on any atom is 0.238 e. The zero-order valence-electron chi connectivity index (χ0n) is 14.8. The molecule has 3 rings (SSSR count). The highest BCUT2D eigenvalue weighted by Gasteiger charge is 2.17. The highest BCUT2D eigenvalue weighted by molar-refractivity contribution is 7.99. The van der Waals surface area contributed by atoms with Crippen molar-refractivity contribution in [2.45, 2.75) is 5.16 Å². The van der Waals surface area contributed by atoms with Crippen LogP contribution in [0.3, 0.4) is 0 Å². The van der Waals surface area contributed by atoms with Crippen LogP contribution in [0.1, 0.15) is 0 Å². The predicted molar refractivity (Wildman–Crippen MR) is 105 cm³/mol. The number of aromatic nitrogens is 2. The van der Waals surface area contributed by atoms with Crippen molar-refractivity contribution < 1.29 is 9.53 Å². The molecule has 1 amide bonds. The van der Waals surface area contributed by atoms with Gasteiger partial charge in [-0.05, 0) is 36.4 Å². The Labute approximate surface area is 162 Å². The molecule has 0 saturated carbocycles. The first-order valence-corrected chi connectivity index (χ1v) is 9.24. The number of para-hydroxylation sites is 1. The number of imidazole rings is 1. The van der Waals surface area contributed by atoms with Gasteiger partial charge in [-0.25, -0.2) is 4.98 Å². The summed E-state index contributed by atoms with van der Waals surface area (Å²) in [6.45, 7) is 0.0102. The molecule has 0 atom stereocenters. The molecule has 6 nitrogen and oxygen atoms in total. The van der Waals surface area contributed by atoms with E-state index < -0.39 is 0 Å². The largest absolute Gasteiger partial charge is 0.497 e. The summed E-state index contributed by atoms with van der Waals surface area (Å²) < 4.78 is 7.09. The summed E-state index contributed by atoms with van der Waals surface area (Å²) in [7, 11) is 1.62. The van der Waals surface area contributed by atoms with Gasteiger partial charge in [0, 0.05) is 23.8 Å². The minimum absolute atomic E-state index is 0.0102. The van der Waals surface area contributed by atoms with Crippen LogP contribution in [0.15, 0.2) is 72.1 Å². The molecule has 7 heteroatoms. The summed E-state index contributed by atoms with van der Waals surface area (Å²) in [6, 6.07) is 18.9. The Morgan fingerprint density at radius 2 is 1.96 bits per heavy atom. The zero-order valence-corrected chi connectivity index (χ0v) is 15.6. The van der Waals surface area contributed by atoms with Gasteiger partial charge < -0.3 is 4.74 Å². The van der Waals surface area contributed by atoms with E-state index in [1.165, 1.54) is 16.7 Å². The van der Waals surface area contributed by atoms with E-state index in [2.05, 4.69) is 11.1 Å². The molecule has 0 N–H and O–H groups in total. The number of nitrogens with zero attached hydrogens (tertiary/aromatic N) is 4. The van der Waals surface area contributed by atoms with E-state index >= 15 is 0 Å². The van der Waals surface area contributed by atoms with Gasteiger partial charge in [0.2, 0.25) is 5.91 Å². The smallest absolute Gasteiger partial charge is 0.238 e. The summed E-state index contributed by atoms with van der Waals surface area (Å²) in [5.41, 5.74) is 1.64. The molecular weight excluding hydrogens is 360 g/mol. The molecule has 3 aromatic rings. The summed E-state index contributed by atoms with van der Waals surface area (Å²) in [5.74, 6) is 0.819. The van der Waals surface area contributed by atoms with Crippen LogP contribution in [0.5, 0.6) is 5.75 Å². The van der Waals surface area contributed by atoms with Crippen LogP contribution in [-0.2, 0) is 4.79 Å². The van der Waals surface area contributed by atoms with Crippen LogP contribution in [0.2, 0.25) is 0 Å². The van der Waals surface area contributed by atoms with Gasteiger partial charge >= 0.3 is 0 Å². The second kappa shape index (κ2) is 8.92. The number of nitriles is 1. The average Bonchev–Trinajstić information content (AvgIpc) is 3.19. The Hall–Kier alpha value is -3.24. The van der Waals surface area contributed by atoms with Crippen molar-refractivity contribution in [2.75, 3.05) is 24.3 Å². The molecule has 0 fully saturated rings. The second-order valence-electron chi connectivity index (χ2n) is 5.54. The van der Waals surface area contributed by atoms with E-state index in [0.717, 1.165) is 11.4 Å². The molecule has 0 spiro atoms. The molecule has 2 aromatic carbocycles. The molecule has 136 valence electrons. The van der Waals surface area contributed by atoms with Gasteiger partial charge in [0.05, 0.1) is 18.9 Å². The van der Waals surface area contributed by atoms with Crippen LogP contribution in [0.4, 0.5) is 5.69 Å². The zero-order chi connectivity index (χ0) is 19.1. The highest BCUT2D eigenvalue weighted by Crippen LogP contribution is 2.23. The molecular formula is C20H18N4O2S. The van der Waals surface area contributed by atoms with E-state index in [0.29, 0.717) is 10.8 Å². The van der Waals surface area contributed by atoms with Crippen molar-refractivity contribution in [1.29, 1.82) is 5.26 Å². The van der Waals surface area contributed by atoms with Gasteiger partial charge in [-0.3, -0.25) is 14.3 Å². The van der Waals surface area contributed by atoms with Gasteiger partial charge in [0.15, 0.2) is 5.16 Å². The number of rotatable bonds is 7. The molecule has 27 heavy (non-hydrogen) atoms. The van der Waals surface area contributed by atoms with E-state index in [-0.39, 0.29) is 18.2 Å². The molecule has 1 heterocycles. The number of hydrogen-bond donors (Lipinski definition) is 0. The average molecular weight is 378 g/mol. The lowest BCUT2D eigenvalue weighted by molar-refractivity contribution is -0.116. The Balaban J connectivity index is 1.72. The quantitative estimate of drug-likeness (QED) is 0.465. The third-order valence-electron chi connectivity index (χ3n) is 3.88. The predicted octanol–water partition coefficient (Wildman–Crippen LogP) is 3.53. The lowest BCUT2D eigenvalue weighted by atomic mass is 10.3. The first-order valence-electron chi connectivity index (χ1n) is 8.26. The number of carbonyl (C=O) groups is 1. The summed E-state index contributed by atoms with van der Waals surface area (Å²) in [5, 5.41) is 9.76. The number of ether oxygens (including phenoxy) is 1. The SMILES string of the molecule is COc1ccc(-n2ccnc2SCC(=O)N(CC#N)c2ccccc2)cc1. The van der Waals surface area contributed by atoms with E-state index in [4.69, 9.17) is 10.00 Å². The molecule has 0 aliphatic carbocycles. The minimum Gasteiger partial charge on any atom is -0.497 e. The second-order valence-corrected chi connectivity index (χ2v) is 6.48. The third-order valence-corrected chi connectivity index (χ3v) is 4.83. The first-order chi connectivity index (χ1) is 13.2. The van der Waals surface area contributed by atoms with Crippen LogP contribution < -0.4 is 9.64 Å². The Morgan fingerprint density at radius 1 is 1.22 bits per heavy atom. The van der Waals surface area contributed by atoms with Crippen LogP contribution >= 0.6 is 11.8 Å². The number of anilines is 1. The number of carbonyl (C=O) groups excluding carboxylic acids is 1. The van der Waals surface area contributed by atoms with Crippen LogP contribution in [0.25, 0.3) is 5.69 Å². The molecule has 0 saturated heterocycles. The van der Waals surface area contributed by atoms with Crippen molar-refractivity contribution in [3.05, 3.63) is 67.0 Å². The summed E-state index contributed by atoms with van der Waals surface area (Å²) >= 11 is 1.34. The molecule has 0 aliphatic heterocycles. The highest BCUT2D eigenvalue weighted by atomic mass is 32.2. The summed E-state index contributed by atoms with van der Waals surface area (Å²) in [4.78, 5) is 18.5. The molecule has 0 radical (unpaired) electrons. The van der Waals surface area contributed by atoms with Crippen LogP contribution in [-0.4, -0.2) is 34.9 Å². The molecule has 0 bridgehead atoms. The lowest BCUT2D eigenvalue weighted by Crippen LogP contribution is -2.32. The molecule has 0 aliphatic rings. The Morgan fingerprint density at radius 3 is 2.63 bits per heavy atom. The maximum atomic E-state index is 12.7. The van der Waals surface area contributed by atoms with Gasteiger partial charge in [0.1, 0.15) is 12.3 Å². The first kappa shape index (κ1) is 18.5. The Kier molecular flexibility index (Phi) is 6.13. The number of amides is 1. The Bertz CT molecular complexity index is 933. The molecule has 0 unspecified atom stereocenters. The fraction of sp³-hybridized carbons (Fsp3) is 0.150. The topological polar surface area (TPSA) is 71.2 Å². The van der Waals surface area contributed by atoms with Gasteiger partial charge in [-0.1, -0.05) is 30.0 Å². The van der Waals surface area contributed by atoms with E-state index in [9.17, 15) is 4.79 Å². The number of benzene rings is 2. The summed E-state index contributed by atoms with van der Waals surface area (Å²) in [6.07, 6.45) is 3.54. The maximum absolute atomic E-state index is 12.7. The normalized spacial score (nSPS) is 10.2. The van der Waals surface area contributed by atoms with Crippen molar-refractivity contribution in [2.24, 2.45) is 0 Å². The lowest BCUT2D eigenvalue weighted by Gasteiger charge is -2.19. The number of thioether (sulfide) groups is 1. The number of methoxy groups -OCH3 is 1. The van der Waals surface area contributed by atoms with E-state index in [1.807, 2.05) is 65.4 Å². The fourth-order valence-corrected chi connectivity index (χ4v) is 3.39. The van der Waals surface area contributed by atoms with Gasteiger partial charge in [-0.15, -0.1) is 0 Å². The van der Waals surface area contributed by atoms with Gasteiger partial charge in [0.25, 0.3) is 0 Å². The van der Waals surface area contributed by atoms with Gasteiger partial charge in [-0.2, -0.15) is 5.26 Å². The van der Waals surface area contributed by atoms with Crippen molar-refractivity contribution in [1.82, 2.24) is 9.55 Å². The fourth-order valence-electron chi connectivity index (χ4n) is 2.54. The van der Waals surface area contributed by atoms with Crippen molar-refractivity contribution >= 4 is 23.4 Å². The molecule has 1 aromatic heterocycles. The third kappa shape index (κ3) is 4.49. The minimum atomic E-state index is -0.142. The number of hydrogen-bond acceptors (Lipinski definition) is 5.